The summed E-state index contributed by atoms with van der Waals surface area (Å²) in [6, 6.07) is 8.35. The summed E-state index contributed by atoms with van der Waals surface area (Å²) in [6.45, 7) is 5.01. The highest BCUT2D eigenvalue weighted by atomic mass is 127. The molecule has 0 spiro atoms. The molecular formula is C15H23IN4O. The second kappa shape index (κ2) is 8.86. The van der Waals surface area contributed by atoms with E-state index in [-0.39, 0.29) is 29.9 Å². The van der Waals surface area contributed by atoms with Gasteiger partial charge in [-0.3, -0.25) is 4.79 Å². The number of aliphatic imine (C=N–C) groups is 1. The Morgan fingerprint density at radius 1 is 1.38 bits per heavy atom. The van der Waals surface area contributed by atoms with Crippen LogP contribution in [0.25, 0.3) is 0 Å². The number of nitrogens with one attached hydrogen (secondary N) is 3. The number of anilines is 1. The molecule has 1 aliphatic rings. The number of carbonyl (C=O) groups excluding carboxylic acids is 1. The van der Waals surface area contributed by atoms with E-state index in [0.717, 1.165) is 23.8 Å². The topological polar surface area (TPSA) is 65.5 Å². The molecule has 0 atom stereocenters. The predicted molar refractivity (Wildman–Crippen MR) is 97.1 cm³/mol. The fourth-order valence-electron chi connectivity index (χ4n) is 1.86. The van der Waals surface area contributed by atoms with Crippen molar-refractivity contribution in [2.24, 2.45) is 4.99 Å². The number of halogens is 1. The summed E-state index contributed by atoms with van der Waals surface area (Å²) < 4.78 is 0. The van der Waals surface area contributed by atoms with Crippen LogP contribution in [0.4, 0.5) is 5.69 Å². The van der Waals surface area contributed by atoms with Gasteiger partial charge in [-0.25, -0.2) is 4.99 Å². The Morgan fingerprint density at radius 3 is 2.76 bits per heavy atom. The second-order valence-electron chi connectivity index (χ2n) is 5.00. The molecule has 0 unspecified atom stereocenters. The Kier molecular flexibility index (Phi) is 7.49. The van der Waals surface area contributed by atoms with Crippen LogP contribution in [0, 0.1) is 0 Å². The molecule has 2 rings (SSSR count). The van der Waals surface area contributed by atoms with E-state index < -0.39 is 0 Å². The lowest BCUT2D eigenvalue weighted by Gasteiger charge is -2.10. The number of hydrogen-bond acceptors (Lipinski definition) is 2. The monoisotopic (exact) mass is 402 g/mol. The number of nitrogens with zero attached hydrogens (tertiary/aromatic N) is 1. The summed E-state index contributed by atoms with van der Waals surface area (Å²) in [5, 5.41) is 9.40. The fraction of sp³-hybridized carbons (Fsp3) is 0.467. The molecule has 116 valence electrons. The quantitative estimate of drug-likeness (QED) is 0.403. The average Bonchev–Trinajstić information content (AvgIpc) is 3.20. The first-order valence-electron chi connectivity index (χ1n) is 7.08. The summed E-state index contributed by atoms with van der Waals surface area (Å²) in [4.78, 5) is 15.6. The minimum atomic E-state index is -0.0607. The van der Waals surface area contributed by atoms with Gasteiger partial charge in [0.05, 0.1) is 6.54 Å². The van der Waals surface area contributed by atoms with Crippen molar-refractivity contribution in [3.05, 3.63) is 29.8 Å². The van der Waals surface area contributed by atoms with Gasteiger partial charge in [-0.2, -0.15) is 0 Å². The molecule has 1 saturated carbocycles. The molecule has 21 heavy (non-hydrogen) atoms. The molecule has 0 radical (unpaired) electrons. The summed E-state index contributed by atoms with van der Waals surface area (Å²) in [6.07, 6.45) is 2.45. The molecule has 1 aromatic carbocycles. The second-order valence-corrected chi connectivity index (χ2v) is 5.00. The highest BCUT2D eigenvalue weighted by Crippen LogP contribution is 2.18. The zero-order chi connectivity index (χ0) is 14.4. The number of carbonyl (C=O) groups is 1. The summed E-state index contributed by atoms with van der Waals surface area (Å²) in [7, 11) is 0. The lowest BCUT2D eigenvalue weighted by molar-refractivity contribution is -0.114. The Morgan fingerprint density at radius 2 is 2.14 bits per heavy atom. The van der Waals surface area contributed by atoms with Crippen LogP contribution < -0.4 is 16.0 Å². The Hall–Kier alpha value is -1.31. The molecule has 6 heteroatoms. The van der Waals surface area contributed by atoms with E-state index in [2.05, 4.69) is 27.9 Å². The van der Waals surface area contributed by atoms with E-state index in [0.29, 0.717) is 12.6 Å². The molecule has 3 N–H and O–H groups in total. The van der Waals surface area contributed by atoms with Crippen molar-refractivity contribution in [1.29, 1.82) is 0 Å². The van der Waals surface area contributed by atoms with Gasteiger partial charge in [-0.15, -0.1) is 24.0 Å². The van der Waals surface area contributed by atoms with Gasteiger partial charge in [0.25, 0.3) is 0 Å². The van der Waals surface area contributed by atoms with Gasteiger partial charge < -0.3 is 16.0 Å². The van der Waals surface area contributed by atoms with Crippen LogP contribution in [0.15, 0.2) is 29.3 Å². The highest BCUT2D eigenvalue weighted by Gasteiger charge is 2.21. The number of benzene rings is 1. The molecule has 0 aromatic heterocycles. The molecular weight excluding hydrogens is 379 g/mol. The molecule has 1 fully saturated rings. The van der Waals surface area contributed by atoms with Crippen molar-refractivity contribution in [2.75, 3.05) is 11.9 Å². The third-order valence-electron chi connectivity index (χ3n) is 2.93. The van der Waals surface area contributed by atoms with Crippen LogP contribution in [0.1, 0.15) is 32.3 Å². The molecule has 1 amide bonds. The normalized spacial score (nSPS) is 14.1. The first-order chi connectivity index (χ1) is 9.67. The number of guanidine groups is 1. The van der Waals surface area contributed by atoms with Crippen molar-refractivity contribution in [3.8, 4) is 0 Å². The summed E-state index contributed by atoms with van der Waals surface area (Å²) >= 11 is 0. The van der Waals surface area contributed by atoms with Gasteiger partial charge in [0.15, 0.2) is 5.96 Å². The first kappa shape index (κ1) is 17.7. The lowest BCUT2D eigenvalue weighted by atomic mass is 10.2. The minimum Gasteiger partial charge on any atom is -0.357 e. The Bertz CT molecular complexity index is 500. The van der Waals surface area contributed by atoms with Gasteiger partial charge in [0.1, 0.15) is 0 Å². The third-order valence-corrected chi connectivity index (χ3v) is 2.93. The maximum absolute atomic E-state index is 11.0. The van der Waals surface area contributed by atoms with E-state index >= 15 is 0 Å². The van der Waals surface area contributed by atoms with Crippen LogP contribution >= 0.6 is 24.0 Å². The molecule has 1 aliphatic carbocycles. The van der Waals surface area contributed by atoms with E-state index in [1.54, 1.807) is 0 Å². The van der Waals surface area contributed by atoms with Crippen LogP contribution in [0.2, 0.25) is 0 Å². The van der Waals surface area contributed by atoms with Gasteiger partial charge >= 0.3 is 0 Å². The maximum Gasteiger partial charge on any atom is 0.221 e. The maximum atomic E-state index is 11.0. The van der Waals surface area contributed by atoms with E-state index in [1.807, 2.05) is 24.3 Å². The lowest BCUT2D eigenvalue weighted by Crippen LogP contribution is -2.38. The number of rotatable bonds is 5. The number of amides is 1. The molecule has 1 aromatic rings. The van der Waals surface area contributed by atoms with E-state index in [4.69, 9.17) is 0 Å². The summed E-state index contributed by atoms with van der Waals surface area (Å²) in [5.41, 5.74) is 1.88. The van der Waals surface area contributed by atoms with Crippen molar-refractivity contribution in [1.82, 2.24) is 10.6 Å². The molecule has 0 saturated heterocycles. The zero-order valence-electron chi connectivity index (χ0n) is 12.5. The highest BCUT2D eigenvalue weighted by molar-refractivity contribution is 14.0. The van der Waals surface area contributed by atoms with Crippen LogP contribution in [-0.2, 0) is 11.3 Å². The van der Waals surface area contributed by atoms with Gasteiger partial charge in [0, 0.05) is 25.2 Å². The van der Waals surface area contributed by atoms with Crippen LogP contribution in [0.5, 0.6) is 0 Å². The van der Waals surface area contributed by atoms with Crippen molar-refractivity contribution in [3.63, 3.8) is 0 Å². The van der Waals surface area contributed by atoms with Crippen molar-refractivity contribution < 1.29 is 4.79 Å². The van der Waals surface area contributed by atoms with E-state index in [9.17, 15) is 4.79 Å². The largest absolute Gasteiger partial charge is 0.357 e. The molecule has 5 nitrogen and oxygen atoms in total. The Labute approximate surface area is 143 Å². The number of hydrogen-bond donors (Lipinski definition) is 3. The molecule has 0 aliphatic heterocycles. The van der Waals surface area contributed by atoms with Gasteiger partial charge in [-0.05, 0) is 37.5 Å². The standard InChI is InChI=1S/C15H22N4O.HI/c1-3-16-15(19-13-7-8-13)17-10-12-5-4-6-14(9-12)18-11(2)20;/h4-6,9,13H,3,7-8,10H2,1-2H3,(H,18,20)(H2,16,17,19);1H. The SMILES string of the molecule is CCNC(=NCc1cccc(NC(C)=O)c1)NC1CC1.I. The van der Waals surface area contributed by atoms with E-state index in [1.165, 1.54) is 19.8 Å². The molecule has 0 bridgehead atoms. The average molecular weight is 402 g/mol. The van der Waals surface area contributed by atoms with Crippen molar-refractivity contribution >= 4 is 41.5 Å². The zero-order valence-corrected chi connectivity index (χ0v) is 14.8. The van der Waals surface area contributed by atoms with Crippen molar-refractivity contribution in [2.45, 2.75) is 39.3 Å². The van der Waals surface area contributed by atoms with Crippen LogP contribution in [-0.4, -0.2) is 24.5 Å². The summed E-state index contributed by atoms with van der Waals surface area (Å²) in [5.74, 6) is 0.800. The minimum absolute atomic E-state index is 0. The van der Waals surface area contributed by atoms with Crippen LogP contribution in [0.3, 0.4) is 0 Å². The van der Waals surface area contributed by atoms with Gasteiger partial charge in [0.2, 0.25) is 5.91 Å². The predicted octanol–water partition coefficient (Wildman–Crippen LogP) is 2.48. The smallest absolute Gasteiger partial charge is 0.221 e. The Balaban J connectivity index is 0.00000220. The third kappa shape index (κ3) is 6.79. The van der Waals surface area contributed by atoms with Gasteiger partial charge in [-0.1, -0.05) is 12.1 Å². The molecule has 0 heterocycles. The first-order valence-corrected chi connectivity index (χ1v) is 7.08. The fourth-order valence-corrected chi connectivity index (χ4v) is 1.86.